The summed E-state index contributed by atoms with van der Waals surface area (Å²) >= 11 is 7.48. The van der Waals surface area contributed by atoms with Gasteiger partial charge in [0.25, 0.3) is 5.91 Å². The number of benzene rings is 2. The number of amides is 1. The minimum Gasteiger partial charge on any atom is -0.496 e. The number of nitrogens with zero attached hydrogens (tertiary/aromatic N) is 2. The molecule has 0 unspecified atom stereocenters. The molecule has 1 saturated carbocycles. The van der Waals surface area contributed by atoms with Crippen molar-refractivity contribution < 1.29 is 18.3 Å². The summed E-state index contributed by atoms with van der Waals surface area (Å²) in [4.78, 5) is 20.6. The summed E-state index contributed by atoms with van der Waals surface area (Å²) in [5.74, 6) is -0.913. The highest BCUT2D eigenvalue weighted by atomic mass is 35.5. The standard InChI is InChI=1S/C31H32ClF2N3O2S.2ClH/c1-17-13-20(14-18(2)36-17)19-5-12-26(39-4)21(15-19)16-37(23-8-6-22(35-3)7-9-23)31(38)30-28(32)27-24(33)10-11-25(34)29(27)40-30;;/h5,10-15,22-23,35H,6-9,16H2,1-4H3;2*1H. The van der Waals surface area contributed by atoms with Gasteiger partial charge < -0.3 is 15.0 Å². The molecule has 2 aromatic heterocycles. The van der Waals surface area contributed by atoms with E-state index in [2.05, 4.69) is 10.3 Å². The Morgan fingerprint density at radius 2 is 1.67 bits per heavy atom. The predicted octanol–water partition coefficient (Wildman–Crippen LogP) is 8.54. The van der Waals surface area contributed by atoms with Crippen molar-refractivity contribution in [2.45, 2.75) is 58.2 Å². The number of aromatic nitrogens is 1. The van der Waals surface area contributed by atoms with Crippen molar-refractivity contribution >= 4 is 63.7 Å². The second-order valence-corrected chi connectivity index (χ2v) is 11.8. The van der Waals surface area contributed by atoms with E-state index in [4.69, 9.17) is 16.3 Å². The zero-order chi connectivity index (χ0) is 28.6. The van der Waals surface area contributed by atoms with Crippen LogP contribution < -0.4 is 10.1 Å². The molecule has 0 aliphatic heterocycles. The van der Waals surface area contributed by atoms with Gasteiger partial charge in [0.15, 0.2) is 0 Å². The van der Waals surface area contributed by atoms with E-state index in [1.807, 2.05) is 56.1 Å². The molecule has 42 heavy (non-hydrogen) atoms. The van der Waals surface area contributed by atoms with E-state index in [1.165, 1.54) is 0 Å². The van der Waals surface area contributed by atoms with Gasteiger partial charge in [0, 0.05) is 35.6 Å². The molecule has 1 amide bonds. The van der Waals surface area contributed by atoms with Crippen molar-refractivity contribution in [3.63, 3.8) is 0 Å². The lowest BCUT2D eigenvalue weighted by atomic mass is 9.89. The van der Waals surface area contributed by atoms with Gasteiger partial charge in [-0.1, -0.05) is 17.7 Å². The summed E-state index contributed by atoms with van der Waals surface area (Å²) in [6.45, 7) is 4.19. The fraction of sp³-hybridized carbons (Fsp3) is 0.355. The van der Waals surface area contributed by atoms with Gasteiger partial charge in [0.1, 0.15) is 22.3 Å². The van der Waals surface area contributed by atoms with Gasteiger partial charge >= 0.3 is 0 Å². The van der Waals surface area contributed by atoms with Gasteiger partial charge in [-0.25, -0.2) is 8.78 Å². The molecule has 1 aliphatic carbocycles. The maximum absolute atomic E-state index is 14.7. The van der Waals surface area contributed by atoms with Crippen LogP contribution in [0, 0.1) is 25.5 Å². The predicted molar refractivity (Wildman–Crippen MR) is 172 cm³/mol. The highest BCUT2D eigenvalue weighted by Crippen LogP contribution is 2.40. The molecular weight excluding hydrogens is 623 g/mol. The minimum absolute atomic E-state index is 0. The van der Waals surface area contributed by atoms with E-state index in [0.717, 1.165) is 77.2 Å². The average Bonchev–Trinajstić information content (AvgIpc) is 3.31. The van der Waals surface area contributed by atoms with Crippen molar-refractivity contribution in [1.29, 1.82) is 0 Å². The van der Waals surface area contributed by atoms with Crippen LogP contribution in [0.15, 0.2) is 42.5 Å². The molecule has 4 aromatic rings. The smallest absolute Gasteiger partial charge is 0.266 e. The molecule has 11 heteroatoms. The number of fused-ring (bicyclic) bond motifs is 1. The largest absolute Gasteiger partial charge is 0.496 e. The van der Waals surface area contributed by atoms with Crippen LogP contribution in [-0.2, 0) is 6.54 Å². The van der Waals surface area contributed by atoms with Crippen molar-refractivity contribution in [2.24, 2.45) is 0 Å². The summed E-state index contributed by atoms with van der Waals surface area (Å²) in [6, 6.07) is 12.4. The van der Waals surface area contributed by atoms with Gasteiger partial charge in [-0.15, -0.1) is 36.2 Å². The molecule has 5 rings (SSSR count). The molecular formula is C31H34Cl3F2N3O2S. The molecule has 2 heterocycles. The number of ether oxygens (including phenoxy) is 1. The zero-order valence-corrected chi connectivity index (χ0v) is 27.0. The molecule has 2 aromatic carbocycles. The average molecular weight is 657 g/mol. The number of carbonyl (C=O) groups excluding carboxylic acids is 1. The Bertz CT molecular complexity index is 1550. The van der Waals surface area contributed by atoms with E-state index in [0.29, 0.717) is 11.8 Å². The van der Waals surface area contributed by atoms with Crippen LogP contribution in [0.25, 0.3) is 21.2 Å². The Morgan fingerprint density at radius 3 is 2.26 bits per heavy atom. The number of hydrogen-bond donors (Lipinski definition) is 1. The first-order valence-corrected chi connectivity index (χ1v) is 14.6. The lowest BCUT2D eigenvalue weighted by Crippen LogP contribution is -2.44. The summed E-state index contributed by atoms with van der Waals surface area (Å²) in [6.07, 6.45) is 3.43. The minimum atomic E-state index is -0.643. The van der Waals surface area contributed by atoms with Crippen molar-refractivity contribution in [1.82, 2.24) is 15.2 Å². The van der Waals surface area contributed by atoms with E-state index in [1.54, 1.807) is 7.11 Å². The van der Waals surface area contributed by atoms with Crippen LogP contribution >= 0.6 is 47.8 Å². The fourth-order valence-electron chi connectivity index (χ4n) is 5.68. The lowest BCUT2D eigenvalue weighted by Gasteiger charge is -2.37. The van der Waals surface area contributed by atoms with E-state index in [9.17, 15) is 13.6 Å². The van der Waals surface area contributed by atoms with Gasteiger partial charge in [0.2, 0.25) is 0 Å². The third kappa shape index (κ3) is 6.84. The number of carbonyl (C=O) groups is 1. The van der Waals surface area contributed by atoms with Crippen molar-refractivity contribution in [3.05, 3.63) is 81.0 Å². The number of rotatable bonds is 7. The van der Waals surface area contributed by atoms with E-state index < -0.39 is 11.6 Å². The van der Waals surface area contributed by atoms with E-state index in [-0.39, 0.29) is 63.3 Å². The quantitative estimate of drug-likeness (QED) is 0.217. The molecule has 0 radical (unpaired) electrons. The number of pyridine rings is 1. The summed E-state index contributed by atoms with van der Waals surface area (Å²) in [5.41, 5.74) is 4.69. The summed E-state index contributed by atoms with van der Waals surface area (Å²) < 4.78 is 35.0. The molecule has 1 aliphatic rings. The Kier molecular flexibility index (Phi) is 11.6. The van der Waals surface area contributed by atoms with Gasteiger partial charge in [0.05, 0.1) is 22.2 Å². The third-order valence-corrected chi connectivity index (χ3v) is 9.39. The van der Waals surface area contributed by atoms with Crippen molar-refractivity contribution in [3.8, 4) is 16.9 Å². The summed E-state index contributed by atoms with van der Waals surface area (Å²) in [5, 5.41) is 3.25. The Balaban J connectivity index is 0.00000242. The normalized spacial score (nSPS) is 16.5. The Hall–Kier alpha value is -2.49. The van der Waals surface area contributed by atoms with Crippen LogP contribution in [0.2, 0.25) is 5.02 Å². The molecule has 0 atom stereocenters. The Morgan fingerprint density at radius 1 is 1.02 bits per heavy atom. The SMILES string of the molecule is CNC1CCC(N(Cc2cc(-c3cc(C)nc(C)c3)ccc2OC)C(=O)c2sc3c(F)ccc(F)c3c2Cl)CC1.Cl.Cl. The second kappa shape index (κ2) is 14.3. The maximum Gasteiger partial charge on any atom is 0.266 e. The number of hydrogen-bond acceptors (Lipinski definition) is 5. The highest BCUT2D eigenvalue weighted by Gasteiger charge is 2.33. The fourth-order valence-corrected chi connectivity index (χ4v) is 7.18. The van der Waals surface area contributed by atoms with E-state index >= 15 is 0 Å². The Labute approximate surface area is 266 Å². The number of nitrogens with one attached hydrogen (secondary N) is 1. The summed E-state index contributed by atoms with van der Waals surface area (Å²) in [7, 11) is 3.56. The molecule has 1 N–H and O–H groups in total. The first kappa shape index (κ1) is 34.0. The van der Waals surface area contributed by atoms with Crippen molar-refractivity contribution in [2.75, 3.05) is 14.2 Å². The number of aryl methyl sites for hydroxylation is 2. The van der Waals surface area contributed by atoms with Crippen LogP contribution in [0.4, 0.5) is 8.78 Å². The van der Waals surface area contributed by atoms with Crippen LogP contribution in [-0.4, -0.2) is 42.0 Å². The number of thiophene rings is 1. The van der Waals surface area contributed by atoms with Crippen LogP contribution in [0.1, 0.15) is 52.3 Å². The molecule has 1 fully saturated rings. The van der Waals surface area contributed by atoms with Gasteiger partial charge in [-0.05, 0) is 94.1 Å². The number of methoxy groups -OCH3 is 1. The van der Waals surface area contributed by atoms with Gasteiger partial charge in [-0.2, -0.15) is 0 Å². The topological polar surface area (TPSA) is 54.5 Å². The van der Waals surface area contributed by atoms with Crippen LogP contribution in [0.5, 0.6) is 5.75 Å². The first-order valence-electron chi connectivity index (χ1n) is 13.4. The lowest BCUT2D eigenvalue weighted by molar-refractivity contribution is 0.0604. The monoisotopic (exact) mass is 655 g/mol. The molecule has 226 valence electrons. The zero-order valence-electron chi connectivity index (χ0n) is 23.8. The van der Waals surface area contributed by atoms with Crippen LogP contribution in [0.3, 0.4) is 0 Å². The molecule has 0 saturated heterocycles. The van der Waals surface area contributed by atoms with Gasteiger partial charge in [-0.3, -0.25) is 9.78 Å². The highest BCUT2D eigenvalue weighted by molar-refractivity contribution is 7.21. The molecule has 5 nitrogen and oxygen atoms in total. The third-order valence-electron chi connectivity index (χ3n) is 7.72. The maximum atomic E-state index is 14.7. The first-order chi connectivity index (χ1) is 19.2. The number of halogens is 5. The molecule has 0 bridgehead atoms. The molecule has 0 spiro atoms. The second-order valence-electron chi connectivity index (χ2n) is 10.4.